The minimum atomic E-state index is -0.446. The highest BCUT2D eigenvalue weighted by molar-refractivity contribution is 7.11. The molecule has 2 N–H and O–H groups in total. The lowest BCUT2D eigenvalue weighted by atomic mass is 9.95. The summed E-state index contributed by atoms with van der Waals surface area (Å²) < 4.78 is 5.51. The third kappa shape index (κ3) is 8.04. The van der Waals surface area contributed by atoms with E-state index in [4.69, 9.17) is 4.74 Å². The van der Waals surface area contributed by atoms with Crippen LogP contribution in [0.25, 0.3) is 0 Å². The van der Waals surface area contributed by atoms with Gasteiger partial charge in [-0.2, -0.15) is 0 Å². The minimum absolute atomic E-state index is 0.196. The molecule has 1 saturated heterocycles. The van der Waals surface area contributed by atoms with Crippen LogP contribution in [-0.4, -0.2) is 53.7 Å². The Morgan fingerprint density at radius 2 is 2.21 bits per heavy atom. The van der Waals surface area contributed by atoms with Gasteiger partial charge in [0.15, 0.2) is 5.96 Å². The summed E-state index contributed by atoms with van der Waals surface area (Å²) in [6, 6.07) is 0. The lowest BCUT2D eigenvalue weighted by Gasteiger charge is -2.34. The van der Waals surface area contributed by atoms with Gasteiger partial charge in [-0.15, -0.1) is 11.3 Å². The number of hydrogen-bond acceptors (Lipinski definition) is 5. The maximum absolute atomic E-state index is 12.3. The highest BCUT2D eigenvalue weighted by Crippen LogP contribution is 2.21. The van der Waals surface area contributed by atoms with Gasteiger partial charge in [0.25, 0.3) is 0 Å². The molecule has 1 aromatic rings. The Labute approximate surface area is 173 Å². The summed E-state index contributed by atoms with van der Waals surface area (Å²) in [5.74, 6) is 1.30. The second kappa shape index (κ2) is 10.6. The van der Waals surface area contributed by atoms with E-state index in [0.717, 1.165) is 56.4 Å². The summed E-state index contributed by atoms with van der Waals surface area (Å²) in [6.45, 7) is 13.6. The second-order valence-electron chi connectivity index (χ2n) is 8.21. The van der Waals surface area contributed by atoms with Gasteiger partial charge in [0.05, 0.1) is 6.54 Å². The number of carbonyl (C=O) groups is 1. The highest BCUT2D eigenvalue weighted by atomic mass is 32.1. The van der Waals surface area contributed by atoms with Crippen molar-refractivity contribution < 1.29 is 9.53 Å². The summed E-state index contributed by atoms with van der Waals surface area (Å²) >= 11 is 1.68. The number of rotatable bonds is 6. The molecule has 1 aliphatic rings. The van der Waals surface area contributed by atoms with E-state index >= 15 is 0 Å². The van der Waals surface area contributed by atoms with Gasteiger partial charge in [0.2, 0.25) is 0 Å². The fourth-order valence-electron chi connectivity index (χ4n) is 3.15. The molecule has 0 aromatic carbocycles. The van der Waals surface area contributed by atoms with Crippen LogP contribution < -0.4 is 10.6 Å². The van der Waals surface area contributed by atoms with E-state index in [9.17, 15) is 4.79 Å². The van der Waals surface area contributed by atoms with Crippen molar-refractivity contribution in [1.29, 1.82) is 0 Å². The molecule has 2 heterocycles. The third-order valence-electron chi connectivity index (χ3n) is 4.40. The van der Waals surface area contributed by atoms with Crippen LogP contribution in [0.15, 0.2) is 11.2 Å². The zero-order valence-corrected chi connectivity index (χ0v) is 18.7. The van der Waals surface area contributed by atoms with Crippen molar-refractivity contribution in [3.8, 4) is 0 Å². The zero-order chi connectivity index (χ0) is 20.6. The number of piperidine rings is 1. The summed E-state index contributed by atoms with van der Waals surface area (Å²) in [6.07, 6.45) is 4.86. The number of thiazole rings is 1. The molecule has 1 amide bonds. The van der Waals surface area contributed by atoms with Gasteiger partial charge >= 0.3 is 6.09 Å². The zero-order valence-electron chi connectivity index (χ0n) is 17.9. The van der Waals surface area contributed by atoms with Gasteiger partial charge < -0.3 is 20.3 Å². The van der Waals surface area contributed by atoms with Gasteiger partial charge in [-0.05, 0) is 59.8 Å². The molecule has 2 rings (SSSR count). The molecule has 0 bridgehead atoms. The Morgan fingerprint density at radius 3 is 2.86 bits per heavy atom. The minimum Gasteiger partial charge on any atom is -0.444 e. The molecule has 7 nitrogen and oxygen atoms in total. The fraction of sp³-hybridized carbons (Fsp3) is 0.750. The number of hydrogen-bond donors (Lipinski definition) is 2. The summed E-state index contributed by atoms with van der Waals surface area (Å²) in [7, 11) is 0. The normalized spacial score (nSPS) is 18.1. The number of aliphatic imine (C=N–C) groups is 1. The van der Waals surface area contributed by atoms with Gasteiger partial charge in [-0.25, -0.2) is 14.8 Å². The van der Waals surface area contributed by atoms with Crippen molar-refractivity contribution in [2.75, 3.05) is 26.2 Å². The quantitative estimate of drug-likeness (QED) is 0.555. The number of carbonyl (C=O) groups excluding carboxylic acids is 1. The Kier molecular flexibility index (Phi) is 8.54. The molecule has 1 aliphatic heterocycles. The third-order valence-corrected chi connectivity index (χ3v) is 5.30. The Morgan fingerprint density at radius 1 is 1.43 bits per heavy atom. The van der Waals surface area contributed by atoms with Crippen LogP contribution in [0.4, 0.5) is 4.79 Å². The number of nitrogens with zero attached hydrogens (tertiary/aromatic N) is 3. The van der Waals surface area contributed by atoms with E-state index in [2.05, 4.69) is 34.5 Å². The lowest BCUT2D eigenvalue weighted by molar-refractivity contribution is 0.0162. The van der Waals surface area contributed by atoms with Crippen molar-refractivity contribution in [3.05, 3.63) is 16.1 Å². The predicted octanol–water partition coefficient (Wildman–Crippen LogP) is 3.54. The molecule has 1 fully saturated rings. The van der Waals surface area contributed by atoms with Crippen molar-refractivity contribution in [3.63, 3.8) is 0 Å². The topological polar surface area (TPSA) is 78.9 Å². The predicted molar refractivity (Wildman–Crippen MR) is 115 cm³/mol. The lowest BCUT2D eigenvalue weighted by Crippen LogP contribution is -2.44. The second-order valence-corrected chi connectivity index (χ2v) is 9.53. The first kappa shape index (κ1) is 22.5. The van der Waals surface area contributed by atoms with Crippen LogP contribution in [0.2, 0.25) is 0 Å². The van der Waals surface area contributed by atoms with E-state index in [1.54, 1.807) is 11.3 Å². The van der Waals surface area contributed by atoms with Crippen LogP contribution in [0.3, 0.4) is 0 Å². The van der Waals surface area contributed by atoms with Gasteiger partial charge in [0, 0.05) is 37.3 Å². The number of aromatic nitrogens is 1. The van der Waals surface area contributed by atoms with Crippen LogP contribution >= 0.6 is 11.3 Å². The number of nitrogens with one attached hydrogen (secondary N) is 2. The van der Waals surface area contributed by atoms with Gasteiger partial charge in [-0.3, -0.25) is 0 Å². The molecule has 158 valence electrons. The van der Waals surface area contributed by atoms with E-state index in [-0.39, 0.29) is 6.09 Å². The Bertz CT molecular complexity index is 653. The van der Waals surface area contributed by atoms with Crippen molar-refractivity contribution in [1.82, 2.24) is 20.5 Å². The molecule has 0 spiro atoms. The number of aryl methyl sites for hydroxylation is 1. The van der Waals surface area contributed by atoms with Crippen molar-refractivity contribution in [2.24, 2.45) is 10.9 Å². The Balaban J connectivity index is 1.78. The maximum Gasteiger partial charge on any atom is 0.410 e. The van der Waals surface area contributed by atoms with Gasteiger partial charge in [-0.1, -0.05) is 0 Å². The van der Waals surface area contributed by atoms with Gasteiger partial charge in [0.1, 0.15) is 10.6 Å². The summed E-state index contributed by atoms with van der Waals surface area (Å²) in [5.41, 5.74) is -0.446. The molecule has 0 radical (unpaired) electrons. The van der Waals surface area contributed by atoms with E-state index in [1.165, 1.54) is 4.88 Å². The van der Waals surface area contributed by atoms with Crippen LogP contribution in [0, 0.1) is 12.8 Å². The largest absolute Gasteiger partial charge is 0.444 e. The SMILES string of the molecule is CCNC(=NCc1ncc(C)s1)NCCC1CCCN(C(=O)OC(C)(C)C)C1. The average molecular weight is 410 g/mol. The number of amides is 1. The monoisotopic (exact) mass is 409 g/mol. The van der Waals surface area contributed by atoms with Crippen LogP contribution in [-0.2, 0) is 11.3 Å². The molecule has 1 aromatic heterocycles. The molecule has 1 atom stereocenters. The highest BCUT2D eigenvalue weighted by Gasteiger charge is 2.27. The van der Waals surface area contributed by atoms with E-state index < -0.39 is 5.60 Å². The standard InChI is InChI=1S/C20H35N5O2S/c1-6-21-18(24-13-17-23-12-15(2)28-17)22-10-9-16-8-7-11-25(14-16)19(26)27-20(3,4)5/h12,16H,6-11,13-14H2,1-5H3,(H2,21,22,24). The van der Waals surface area contributed by atoms with E-state index in [0.29, 0.717) is 12.5 Å². The van der Waals surface area contributed by atoms with Crippen molar-refractivity contribution in [2.45, 2.75) is 66.0 Å². The first-order valence-corrected chi connectivity index (χ1v) is 11.0. The Hall–Kier alpha value is -1.83. The number of guanidine groups is 1. The van der Waals surface area contributed by atoms with Crippen LogP contribution in [0.1, 0.15) is 56.8 Å². The number of likely N-dealkylation sites (tertiary alicyclic amines) is 1. The first-order valence-electron chi connectivity index (χ1n) is 10.2. The number of ether oxygens (including phenoxy) is 1. The molecule has 28 heavy (non-hydrogen) atoms. The summed E-state index contributed by atoms with van der Waals surface area (Å²) in [5, 5.41) is 7.71. The first-order chi connectivity index (χ1) is 13.3. The molecule has 0 aliphatic carbocycles. The van der Waals surface area contributed by atoms with Crippen molar-refractivity contribution >= 4 is 23.4 Å². The molecule has 8 heteroatoms. The maximum atomic E-state index is 12.3. The average Bonchev–Trinajstić information content (AvgIpc) is 3.04. The molecular weight excluding hydrogens is 374 g/mol. The smallest absolute Gasteiger partial charge is 0.410 e. The molecule has 1 unspecified atom stereocenters. The summed E-state index contributed by atoms with van der Waals surface area (Å²) in [4.78, 5) is 24.3. The molecular formula is C20H35N5O2S. The molecule has 0 saturated carbocycles. The fourth-order valence-corrected chi connectivity index (χ4v) is 3.86. The van der Waals surface area contributed by atoms with Crippen LogP contribution in [0.5, 0.6) is 0 Å². The van der Waals surface area contributed by atoms with E-state index in [1.807, 2.05) is 31.9 Å².